The van der Waals surface area contributed by atoms with Crippen LogP contribution in [0.3, 0.4) is 0 Å². The summed E-state index contributed by atoms with van der Waals surface area (Å²) < 4.78 is 11.0. The van der Waals surface area contributed by atoms with Gasteiger partial charge in [-0.2, -0.15) is 0 Å². The molecule has 7 heteroatoms. The summed E-state index contributed by atoms with van der Waals surface area (Å²) in [4.78, 5) is 24.2. The van der Waals surface area contributed by atoms with Gasteiger partial charge in [-0.15, -0.1) is 0 Å². The third-order valence-electron chi connectivity index (χ3n) is 3.42. The van der Waals surface area contributed by atoms with Gasteiger partial charge in [-0.05, 0) is 0 Å². The smallest absolute Gasteiger partial charge is 0.270 e. The third kappa shape index (κ3) is 2.99. The highest BCUT2D eigenvalue weighted by Crippen LogP contribution is 2.26. The molecular weight excluding hydrogens is 288 g/mol. The van der Waals surface area contributed by atoms with Crippen molar-refractivity contribution in [3.05, 3.63) is 56.7 Å². The molecule has 7 nitrogen and oxygen atoms in total. The molecule has 0 spiro atoms. The fourth-order valence-electron chi connectivity index (χ4n) is 2.32. The number of non-ortho nitro benzene ring substituents is 1. The Morgan fingerprint density at radius 3 is 2.64 bits per heavy atom. The van der Waals surface area contributed by atoms with E-state index in [2.05, 4.69) is 0 Å². The number of nitrogens with zero attached hydrogens (tertiary/aromatic N) is 2. The van der Waals surface area contributed by atoms with Crippen molar-refractivity contribution in [1.82, 2.24) is 0 Å². The SMILES string of the molecule is O=c1cc(-c2cccc([N+](=O)[O-])c2)oc(N2CCOCC2)c1. The van der Waals surface area contributed by atoms with Crippen LogP contribution in [0.15, 0.2) is 45.6 Å². The molecule has 2 heterocycles. The molecule has 1 aromatic carbocycles. The monoisotopic (exact) mass is 302 g/mol. The van der Waals surface area contributed by atoms with Gasteiger partial charge in [-0.1, -0.05) is 12.1 Å². The lowest BCUT2D eigenvalue weighted by Gasteiger charge is -2.27. The maximum atomic E-state index is 11.9. The van der Waals surface area contributed by atoms with Crippen molar-refractivity contribution in [3.8, 4) is 11.3 Å². The summed E-state index contributed by atoms with van der Waals surface area (Å²) in [6, 6.07) is 8.78. The van der Waals surface area contributed by atoms with E-state index in [9.17, 15) is 14.9 Å². The summed E-state index contributed by atoms with van der Waals surface area (Å²) in [5.41, 5.74) is 0.257. The fourth-order valence-corrected chi connectivity index (χ4v) is 2.32. The van der Waals surface area contributed by atoms with Crippen molar-refractivity contribution in [3.63, 3.8) is 0 Å². The molecule has 2 aromatic rings. The number of hydrogen-bond acceptors (Lipinski definition) is 6. The van der Waals surface area contributed by atoms with Gasteiger partial charge in [0, 0.05) is 42.9 Å². The van der Waals surface area contributed by atoms with E-state index in [-0.39, 0.29) is 11.1 Å². The molecule has 22 heavy (non-hydrogen) atoms. The highest BCUT2D eigenvalue weighted by molar-refractivity contribution is 5.61. The van der Waals surface area contributed by atoms with Crippen molar-refractivity contribution in [1.29, 1.82) is 0 Å². The molecule has 0 unspecified atom stereocenters. The Balaban J connectivity index is 2.00. The predicted molar refractivity (Wildman–Crippen MR) is 80.1 cm³/mol. The number of rotatable bonds is 3. The molecule has 3 rings (SSSR count). The minimum Gasteiger partial charge on any atom is -0.440 e. The maximum absolute atomic E-state index is 11.9. The number of nitro benzene ring substituents is 1. The molecule has 1 aliphatic rings. The number of morpholine rings is 1. The summed E-state index contributed by atoms with van der Waals surface area (Å²) in [7, 11) is 0. The number of anilines is 1. The van der Waals surface area contributed by atoms with Crippen LogP contribution in [0.2, 0.25) is 0 Å². The largest absolute Gasteiger partial charge is 0.440 e. The van der Waals surface area contributed by atoms with E-state index >= 15 is 0 Å². The lowest BCUT2D eigenvalue weighted by atomic mass is 10.1. The van der Waals surface area contributed by atoms with Crippen LogP contribution >= 0.6 is 0 Å². The van der Waals surface area contributed by atoms with Crippen LogP contribution in [0.25, 0.3) is 11.3 Å². The molecule has 0 amide bonds. The second-order valence-electron chi connectivity index (χ2n) is 4.90. The van der Waals surface area contributed by atoms with E-state index in [1.165, 1.54) is 24.3 Å². The topological polar surface area (TPSA) is 85.8 Å². The Labute approximate surface area is 125 Å². The van der Waals surface area contributed by atoms with E-state index in [4.69, 9.17) is 9.15 Å². The molecule has 0 bridgehead atoms. The first-order chi connectivity index (χ1) is 10.6. The van der Waals surface area contributed by atoms with Crippen LogP contribution in [0.4, 0.5) is 11.6 Å². The average molecular weight is 302 g/mol. The molecule has 0 aliphatic carbocycles. The number of hydrogen-bond donors (Lipinski definition) is 0. The molecule has 0 radical (unpaired) electrons. The highest BCUT2D eigenvalue weighted by Gasteiger charge is 2.16. The first-order valence-corrected chi connectivity index (χ1v) is 6.86. The molecule has 1 aromatic heterocycles. The van der Waals surface area contributed by atoms with Crippen molar-refractivity contribution in [2.45, 2.75) is 0 Å². The molecule has 114 valence electrons. The van der Waals surface area contributed by atoms with Gasteiger partial charge in [0.25, 0.3) is 5.69 Å². The Morgan fingerprint density at radius 2 is 1.91 bits per heavy atom. The summed E-state index contributed by atoms with van der Waals surface area (Å²) in [5, 5.41) is 10.9. The van der Waals surface area contributed by atoms with Crippen molar-refractivity contribution >= 4 is 11.6 Å². The van der Waals surface area contributed by atoms with Gasteiger partial charge in [-0.3, -0.25) is 14.9 Å². The Kier molecular flexibility index (Phi) is 3.88. The Morgan fingerprint density at radius 1 is 1.14 bits per heavy atom. The molecule has 0 N–H and O–H groups in total. The summed E-state index contributed by atoms with van der Waals surface area (Å²) in [5.74, 6) is 0.773. The van der Waals surface area contributed by atoms with Gasteiger partial charge in [0.15, 0.2) is 11.3 Å². The van der Waals surface area contributed by atoms with Crippen LogP contribution < -0.4 is 10.3 Å². The first kappa shape index (κ1) is 14.3. The summed E-state index contributed by atoms with van der Waals surface area (Å²) in [6.07, 6.45) is 0. The zero-order chi connectivity index (χ0) is 15.5. The minimum absolute atomic E-state index is 0.0445. The number of benzene rings is 1. The number of nitro groups is 1. The van der Waals surface area contributed by atoms with Crippen LogP contribution in [-0.4, -0.2) is 31.2 Å². The van der Waals surface area contributed by atoms with Crippen LogP contribution in [0.5, 0.6) is 0 Å². The van der Waals surface area contributed by atoms with E-state index < -0.39 is 4.92 Å². The van der Waals surface area contributed by atoms with E-state index in [0.717, 1.165) is 0 Å². The first-order valence-electron chi connectivity index (χ1n) is 6.86. The van der Waals surface area contributed by atoms with Crippen LogP contribution in [0, 0.1) is 10.1 Å². The fraction of sp³-hybridized carbons (Fsp3) is 0.267. The van der Waals surface area contributed by atoms with Gasteiger partial charge in [-0.25, -0.2) is 0 Å². The molecule has 1 fully saturated rings. The molecule has 0 atom stereocenters. The van der Waals surface area contributed by atoms with E-state index in [1.807, 2.05) is 4.90 Å². The molecular formula is C15H14N2O5. The Hall–Kier alpha value is -2.67. The van der Waals surface area contributed by atoms with Crippen LogP contribution in [0.1, 0.15) is 0 Å². The lowest BCUT2D eigenvalue weighted by Crippen LogP contribution is -2.36. The second-order valence-corrected chi connectivity index (χ2v) is 4.90. The maximum Gasteiger partial charge on any atom is 0.270 e. The van der Waals surface area contributed by atoms with Crippen molar-refractivity contribution in [2.24, 2.45) is 0 Å². The normalized spacial score (nSPS) is 14.8. The van der Waals surface area contributed by atoms with Gasteiger partial charge in [0.05, 0.1) is 18.1 Å². The highest BCUT2D eigenvalue weighted by atomic mass is 16.6. The van der Waals surface area contributed by atoms with E-state index in [0.29, 0.717) is 43.5 Å². The molecule has 1 saturated heterocycles. The zero-order valence-electron chi connectivity index (χ0n) is 11.7. The summed E-state index contributed by atoms with van der Waals surface area (Å²) >= 11 is 0. The summed E-state index contributed by atoms with van der Waals surface area (Å²) in [6.45, 7) is 2.43. The predicted octanol–water partition coefficient (Wildman–Crippen LogP) is 2.05. The van der Waals surface area contributed by atoms with Crippen molar-refractivity contribution in [2.75, 3.05) is 31.2 Å². The minimum atomic E-state index is -0.479. The third-order valence-corrected chi connectivity index (χ3v) is 3.42. The van der Waals surface area contributed by atoms with Gasteiger partial charge < -0.3 is 14.1 Å². The quantitative estimate of drug-likeness (QED) is 0.637. The van der Waals surface area contributed by atoms with Gasteiger partial charge >= 0.3 is 0 Å². The lowest BCUT2D eigenvalue weighted by molar-refractivity contribution is -0.384. The second kappa shape index (κ2) is 5.98. The molecule has 1 aliphatic heterocycles. The van der Waals surface area contributed by atoms with Gasteiger partial charge in [0.2, 0.25) is 0 Å². The van der Waals surface area contributed by atoms with Crippen molar-refractivity contribution < 1.29 is 14.1 Å². The average Bonchev–Trinajstić information content (AvgIpc) is 2.55. The molecule has 0 saturated carbocycles. The van der Waals surface area contributed by atoms with E-state index in [1.54, 1.807) is 12.1 Å². The Bertz CT molecular complexity index is 750. The number of ether oxygens (including phenoxy) is 1. The zero-order valence-corrected chi connectivity index (χ0v) is 11.7. The van der Waals surface area contributed by atoms with Crippen LogP contribution in [-0.2, 0) is 4.74 Å². The van der Waals surface area contributed by atoms with Gasteiger partial charge in [0.1, 0.15) is 5.76 Å². The standard InChI is InChI=1S/C15H14N2O5/c18-13-9-14(11-2-1-3-12(8-11)17(19)20)22-15(10-13)16-4-6-21-7-5-16/h1-3,8-10H,4-7H2.